The van der Waals surface area contributed by atoms with Gasteiger partial charge >= 0.3 is 6.18 Å². The van der Waals surface area contributed by atoms with Gasteiger partial charge in [-0.25, -0.2) is 4.68 Å². The molecule has 11 heteroatoms. The summed E-state index contributed by atoms with van der Waals surface area (Å²) >= 11 is 0. The summed E-state index contributed by atoms with van der Waals surface area (Å²) in [4.78, 5) is 20.5. The van der Waals surface area contributed by atoms with Crippen molar-refractivity contribution < 1.29 is 18.0 Å². The van der Waals surface area contributed by atoms with Crippen LogP contribution in [-0.4, -0.2) is 35.9 Å². The van der Waals surface area contributed by atoms with Gasteiger partial charge in [0, 0.05) is 30.4 Å². The van der Waals surface area contributed by atoms with Crippen molar-refractivity contribution in [1.29, 1.82) is 0 Å². The third-order valence-corrected chi connectivity index (χ3v) is 5.15. The molecular weight excluding hydrogens is 495 g/mol. The topological polar surface area (TPSA) is 98.5 Å². The lowest BCUT2D eigenvalue weighted by Crippen LogP contribution is -2.16. The van der Waals surface area contributed by atoms with Crippen LogP contribution in [0.15, 0.2) is 91.5 Å². The van der Waals surface area contributed by atoms with Gasteiger partial charge in [0.25, 0.3) is 5.91 Å². The average Bonchev–Trinajstić information content (AvgIpc) is 3.33. The molecule has 4 heterocycles. The number of benzene rings is 1. The molecule has 5 rings (SSSR count). The number of nitrogens with zero attached hydrogens (tertiary/aromatic N) is 6. The number of rotatable bonds is 4. The van der Waals surface area contributed by atoms with Crippen LogP contribution in [0.2, 0.25) is 0 Å². The number of hydrogen-bond acceptors (Lipinski definition) is 6. The Kier molecular flexibility index (Phi) is 7.86. The van der Waals surface area contributed by atoms with Gasteiger partial charge in [0.05, 0.1) is 11.3 Å². The number of aryl methyl sites for hydroxylation is 2. The first-order chi connectivity index (χ1) is 18.2. The van der Waals surface area contributed by atoms with Crippen LogP contribution in [0.1, 0.15) is 27.3 Å². The summed E-state index contributed by atoms with van der Waals surface area (Å²) < 4.78 is 40.2. The second-order valence-electron chi connectivity index (χ2n) is 8.17. The number of carbonyl (C=O) groups is 1. The lowest BCUT2D eigenvalue weighted by atomic mass is 10.1. The van der Waals surface area contributed by atoms with E-state index >= 15 is 0 Å². The zero-order chi connectivity index (χ0) is 27.1. The highest BCUT2D eigenvalue weighted by molar-refractivity contribution is 6.04. The third-order valence-electron chi connectivity index (χ3n) is 5.15. The van der Waals surface area contributed by atoms with Gasteiger partial charge in [0.15, 0.2) is 11.6 Å². The number of halogens is 3. The molecule has 1 aromatic carbocycles. The SMILES string of the molecule is Cc1cc(C(F)(F)F)n(-c2ccc(NC(=O)c3cncc(-c4ccccc4)c3)nn2)n1.Cc1cccnc1. The van der Waals surface area contributed by atoms with E-state index < -0.39 is 17.8 Å². The van der Waals surface area contributed by atoms with Crippen LogP contribution in [0.3, 0.4) is 0 Å². The maximum absolute atomic E-state index is 13.2. The zero-order valence-electron chi connectivity index (χ0n) is 20.4. The number of pyridine rings is 2. The summed E-state index contributed by atoms with van der Waals surface area (Å²) in [7, 11) is 0. The molecule has 38 heavy (non-hydrogen) atoms. The number of hydrogen-bond donors (Lipinski definition) is 1. The summed E-state index contributed by atoms with van der Waals surface area (Å²) in [6.45, 7) is 3.47. The standard InChI is InChI=1S/C21H15F3N6O.C6H7N/c1-13-9-17(21(22,23)24)30(29-13)19-8-7-18(27-28-19)26-20(31)16-10-15(11-25-12-16)14-5-3-2-4-6-14;1-6-3-2-4-7-5-6/h2-12H,1H3,(H,26,27,31);2-5H,1H3. The molecule has 1 amide bonds. The zero-order valence-corrected chi connectivity index (χ0v) is 20.4. The summed E-state index contributed by atoms with van der Waals surface area (Å²) in [6.07, 6.45) is 2.07. The number of aromatic nitrogens is 6. The number of carbonyl (C=O) groups excluding carboxylic acids is 1. The lowest BCUT2D eigenvalue weighted by Gasteiger charge is -2.10. The normalized spacial score (nSPS) is 10.9. The van der Waals surface area contributed by atoms with E-state index in [1.165, 1.54) is 30.8 Å². The highest BCUT2D eigenvalue weighted by Crippen LogP contribution is 2.31. The van der Waals surface area contributed by atoms with E-state index in [-0.39, 0.29) is 17.3 Å². The van der Waals surface area contributed by atoms with Crippen molar-refractivity contribution in [3.05, 3.63) is 114 Å². The van der Waals surface area contributed by atoms with Crippen LogP contribution in [-0.2, 0) is 6.18 Å². The van der Waals surface area contributed by atoms with Crippen LogP contribution in [0.4, 0.5) is 19.0 Å². The van der Waals surface area contributed by atoms with Crippen molar-refractivity contribution in [3.8, 4) is 16.9 Å². The molecule has 0 aliphatic carbocycles. The number of amides is 1. The first kappa shape index (κ1) is 26.1. The molecule has 0 aliphatic rings. The maximum atomic E-state index is 13.2. The first-order valence-electron chi connectivity index (χ1n) is 11.4. The molecule has 0 bridgehead atoms. The molecule has 0 atom stereocenters. The van der Waals surface area contributed by atoms with Crippen LogP contribution in [0.5, 0.6) is 0 Å². The second kappa shape index (κ2) is 11.4. The summed E-state index contributed by atoms with van der Waals surface area (Å²) in [5, 5.41) is 14.0. The average molecular weight is 518 g/mol. The summed E-state index contributed by atoms with van der Waals surface area (Å²) in [5.41, 5.74) is 2.42. The van der Waals surface area contributed by atoms with Crippen molar-refractivity contribution in [2.75, 3.05) is 5.32 Å². The van der Waals surface area contributed by atoms with E-state index in [4.69, 9.17) is 0 Å². The van der Waals surface area contributed by atoms with Gasteiger partial charge in [-0.2, -0.15) is 18.3 Å². The molecule has 8 nitrogen and oxygen atoms in total. The molecule has 0 fully saturated rings. The quantitative estimate of drug-likeness (QED) is 0.329. The molecule has 0 spiro atoms. The third kappa shape index (κ3) is 6.64. The van der Waals surface area contributed by atoms with Gasteiger partial charge in [0.1, 0.15) is 5.69 Å². The molecule has 0 radical (unpaired) electrons. The Morgan fingerprint density at radius 1 is 0.842 bits per heavy atom. The Morgan fingerprint density at radius 2 is 1.63 bits per heavy atom. The second-order valence-corrected chi connectivity index (χ2v) is 8.17. The molecule has 192 valence electrons. The molecule has 1 N–H and O–H groups in total. The summed E-state index contributed by atoms with van der Waals surface area (Å²) in [5.74, 6) is -0.513. The maximum Gasteiger partial charge on any atom is 0.433 e. The fraction of sp³-hybridized carbons (Fsp3) is 0.111. The van der Waals surface area contributed by atoms with Crippen molar-refractivity contribution in [1.82, 2.24) is 29.9 Å². The predicted octanol–water partition coefficient (Wildman–Crippen LogP) is 5.69. The monoisotopic (exact) mass is 517 g/mol. The van der Waals surface area contributed by atoms with E-state index in [0.717, 1.165) is 17.2 Å². The van der Waals surface area contributed by atoms with Crippen molar-refractivity contribution >= 4 is 11.7 Å². The fourth-order valence-corrected chi connectivity index (χ4v) is 3.37. The van der Waals surface area contributed by atoms with Crippen molar-refractivity contribution in [2.24, 2.45) is 0 Å². The van der Waals surface area contributed by atoms with Gasteiger partial charge in [-0.05, 0) is 55.3 Å². The molecule has 0 saturated carbocycles. The Hall–Kier alpha value is -4.93. The molecule has 0 unspecified atom stereocenters. The minimum absolute atomic E-state index is 0.0799. The molecule has 5 aromatic rings. The van der Waals surface area contributed by atoms with Crippen molar-refractivity contribution in [2.45, 2.75) is 20.0 Å². The van der Waals surface area contributed by atoms with Gasteiger partial charge in [0.2, 0.25) is 0 Å². The van der Waals surface area contributed by atoms with E-state index in [0.29, 0.717) is 10.2 Å². The van der Waals surface area contributed by atoms with Gasteiger partial charge in [-0.15, -0.1) is 10.2 Å². The predicted molar refractivity (Wildman–Crippen MR) is 135 cm³/mol. The first-order valence-corrected chi connectivity index (χ1v) is 11.4. The van der Waals surface area contributed by atoms with E-state index in [2.05, 4.69) is 30.6 Å². The largest absolute Gasteiger partial charge is 0.433 e. The number of anilines is 1. The van der Waals surface area contributed by atoms with E-state index in [9.17, 15) is 18.0 Å². The van der Waals surface area contributed by atoms with Crippen LogP contribution in [0, 0.1) is 13.8 Å². The Balaban J connectivity index is 0.000000417. The fourth-order valence-electron chi connectivity index (χ4n) is 3.37. The molecule has 4 aromatic heterocycles. The van der Waals surface area contributed by atoms with Crippen LogP contribution in [0.25, 0.3) is 16.9 Å². The van der Waals surface area contributed by atoms with Gasteiger partial charge in [-0.1, -0.05) is 36.4 Å². The molecular formula is C27H22F3N7O. The van der Waals surface area contributed by atoms with E-state index in [1.54, 1.807) is 18.5 Å². The minimum atomic E-state index is -4.59. The minimum Gasteiger partial charge on any atom is -0.305 e. The summed E-state index contributed by atoms with van der Waals surface area (Å²) in [6, 6.07) is 18.6. The number of nitrogens with one attached hydrogen (secondary N) is 1. The Morgan fingerprint density at radius 3 is 2.24 bits per heavy atom. The van der Waals surface area contributed by atoms with Crippen molar-refractivity contribution in [3.63, 3.8) is 0 Å². The highest BCUT2D eigenvalue weighted by Gasteiger charge is 2.36. The van der Waals surface area contributed by atoms with Crippen LogP contribution >= 0.6 is 0 Å². The van der Waals surface area contributed by atoms with Gasteiger partial charge < -0.3 is 5.32 Å². The van der Waals surface area contributed by atoms with E-state index in [1.807, 2.05) is 55.6 Å². The smallest absolute Gasteiger partial charge is 0.305 e. The number of alkyl halides is 3. The highest BCUT2D eigenvalue weighted by atomic mass is 19.4. The molecule has 0 saturated heterocycles. The van der Waals surface area contributed by atoms with Crippen LogP contribution < -0.4 is 5.32 Å². The molecule has 0 aliphatic heterocycles. The van der Waals surface area contributed by atoms with Gasteiger partial charge in [-0.3, -0.25) is 14.8 Å². The lowest BCUT2D eigenvalue weighted by molar-refractivity contribution is -0.142. The Bertz CT molecular complexity index is 1500. The Labute approximate surface area is 216 Å².